The highest BCUT2D eigenvalue weighted by atomic mass is 19.1. The number of nitrogens with one attached hydrogen (secondary N) is 2. The maximum absolute atomic E-state index is 14.7. The normalized spacial score (nSPS) is 13.2. The molecule has 0 aliphatic carbocycles. The topological polar surface area (TPSA) is 115 Å². The summed E-state index contributed by atoms with van der Waals surface area (Å²) in [6, 6.07) is 11.6. The molecule has 0 saturated carbocycles. The maximum atomic E-state index is 14.7. The van der Waals surface area contributed by atoms with Gasteiger partial charge in [0.1, 0.15) is 34.3 Å². The van der Waals surface area contributed by atoms with Crippen LogP contribution in [0.25, 0.3) is 22.3 Å². The fourth-order valence-electron chi connectivity index (χ4n) is 4.92. The van der Waals surface area contributed by atoms with Crippen LogP contribution in [0, 0.1) is 19.7 Å². The van der Waals surface area contributed by atoms with Crippen molar-refractivity contribution in [2.24, 2.45) is 0 Å². The van der Waals surface area contributed by atoms with Crippen molar-refractivity contribution < 1.29 is 28.1 Å². The molecule has 0 atom stereocenters. The molecule has 0 radical (unpaired) electrons. The molecule has 3 aromatic carbocycles. The van der Waals surface area contributed by atoms with Crippen LogP contribution in [-0.2, 0) is 9.53 Å². The number of halogens is 1. The molecule has 1 saturated heterocycles. The molecule has 2 heterocycles. The number of methoxy groups -OCH3 is 2. The Kier molecular flexibility index (Phi) is 8.06. The number of carbonyl (C=O) groups excluding carboxylic acids is 1. The van der Waals surface area contributed by atoms with E-state index in [1.54, 1.807) is 24.3 Å². The smallest absolute Gasteiger partial charge is 0.262 e. The van der Waals surface area contributed by atoms with Gasteiger partial charge < -0.3 is 34.1 Å². The summed E-state index contributed by atoms with van der Waals surface area (Å²) >= 11 is 0. The minimum absolute atomic E-state index is 0.265. The summed E-state index contributed by atoms with van der Waals surface area (Å²) < 4.78 is 36.5. The van der Waals surface area contributed by atoms with Crippen LogP contribution >= 0.6 is 0 Å². The van der Waals surface area contributed by atoms with E-state index in [2.05, 4.69) is 15.3 Å². The molecule has 1 fully saturated rings. The third-order valence-corrected chi connectivity index (χ3v) is 6.87. The molecule has 1 aromatic heterocycles. The number of morpholine rings is 1. The predicted molar refractivity (Wildman–Crippen MR) is 154 cm³/mol. The molecule has 214 valence electrons. The van der Waals surface area contributed by atoms with Gasteiger partial charge in [0.25, 0.3) is 11.5 Å². The summed E-state index contributed by atoms with van der Waals surface area (Å²) in [7, 11) is 3.01. The minimum atomic E-state index is -0.421. The summed E-state index contributed by atoms with van der Waals surface area (Å²) in [5.41, 5.74) is 3.09. The summed E-state index contributed by atoms with van der Waals surface area (Å²) in [6.45, 7) is 5.75. The van der Waals surface area contributed by atoms with Crippen LogP contribution in [0.2, 0.25) is 0 Å². The van der Waals surface area contributed by atoms with Crippen LogP contribution in [-0.4, -0.2) is 63.0 Å². The molecular weight excluding hydrogens is 531 g/mol. The SMILES string of the molecule is COc1cc(OC)c2c(=O)[nH]c(-c3cc(C)c(OCC(=O)Nc4ccc(N5CCOCC5)c(F)c4)c(C)c3)nc2c1. The molecule has 2 N–H and O–H groups in total. The number of hydrogen-bond acceptors (Lipinski definition) is 8. The number of benzene rings is 3. The van der Waals surface area contributed by atoms with E-state index in [1.807, 2.05) is 30.9 Å². The van der Waals surface area contributed by atoms with E-state index >= 15 is 0 Å². The average Bonchev–Trinajstić information content (AvgIpc) is 2.96. The second-order valence-corrected chi connectivity index (χ2v) is 9.68. The Morgan fingerprint density at radius 3 is 2.46 bits per heavy atom. The lowest BCUT2D eigenvalue weighted by molar-refractivity contribution is -0.118. The molecule has 0 unspecified atom stereocenters. The van der Waals surface area contributed by atoms with Gasteiger partial charge in [-0.1, -0.05) is 0 Å². The van der Waals surface area contributed by atoms with Gasteiger partial charge >= 0.3 is 0 Å². The van der Waals surface area contributed by atoms with E-state index in [9.17, 15) is 14.0 Å². The standard InChI is InChI=1S/C30H31FN4O6/c1-17-11-19(29-33-23-14-21(38-3)15-25(39-4)27(23)30(37)34-29)12-18(2)28(17)41-16-26(36)32-20-5-6-24(22(31)13-20)35-7-9-40-10-8-35/h5-6,11-15H,7-10,16H2,1-4H3,(H,32,36)(H,33,34,37). The van der Waals surface area contributed by atoms with Crippen molar-refractivity contribution in [2.75, 3.05) is 57.3 Å². The molecule has 5 rings (SSSR count). The van der Waals surface area contributed by atoms with Crippen molar-refractivity contribution in [1.29, 1.82) is 0 Å². The predicted octanol–water partition coefficient (Wildman–Crippen LogP) is 4.22. The first kappa shape index (κ1) is 27.9. The van der Waals surface area contributed by atoms with Gasteiger partial charge in [0, 0.05) is 36.5 Å². The van der Waals surface area contributed by atoms with Crippen LogP contribution in [0.5, 0.6) is 17.2 Å². The van der Waals surface area contributed by atoms with Crippen LogP contribution in [0.4, 0.5) is 15.8 Å². The van der Waals surface area contributed by atoms with E-state index in [0.29, 0.717) is 77.2 Å². The van der Waals surface area contributed by atoms with Crippen molar-refractivity contribution in [3.05, 3.63) is 69.8 Å². The van der Waals surface area contributed by atoms with Crippen LogP contribution in [0.3, 0.4) is 0 Å². The highest BCUT2D eigenvalue weighted by molar-refractivity contribution is 5.92. The van der Waals surface area contributed by atoms with Crippen molar-refractivity contribution in [3.63, 3.8) is 0 Å². The Morgan fingerprint density at radius 2 is 1.80 bits per heavy atom. The molecule has 10 nitrogen and oxygen atoms in total. The lowest BCUT2D eigenvalue weighted by Gasteiger charge is -2.29. The number of aromatic amines is 1. The lowest BCUT2D eigenvalue weighted by Crippen LogP contribution is -2.36. The number of aromatic nitrogens is 2. The fourth-order valence-corrected chi connectivity index (χ4v) is 4.92. The van der Waals surface area contributed by atoms with Crippen LogP contribution in [0.15, 0.2) is 47.3 Å². The second kappa shape index (κ2) is 11.8. The van der Waals surface area contributed by atoms with Crippen molar-refractivity contribution in [3.8, 4) is 28.6 Å². The highest BCUT2D eigenvalue weighted by Gasteiger charge is 2.18. The molecule has 1 aliphatic heterocycles. The van der Waals surface area contributed by atoms with E-state index < -0.39 is 11.7 Å². The number of ether oxygens (including phenoxy) is 4. The molecule has 11 heteroatoms. The fraction of sp³-hybridized carbons (Fsp3) is 0.300. The van der Waals surface area contributed by atoms with E-state index in [-0.39, 0.29) is 12.2 Å². The third-order valence-electron chi connectivity index (χ3n) is 6.87. The van der Waals surface area contributed by atoms with Gasteiger partial charge in [0.05, 0.1) is 38.6 Å². The van der Waals surface area contributed by atoms with Gasteiger partial charge in [-0.05, 0) is 55.3 Å². The van der Waals surface area contributed by atoms with Gasteiger partial charge in [-0.25, -0.2) is 9.37 Å². The number of rotatable bonds is 8. The van der Waals surface area contributed by atoms with Gasteiger partial charge in [0.2, 0.25) is 0 Å². The van der Waals surface area contributed by atoms with Crippen molar-refractivity contribution in [2.45, 2.75) is 13.8 Å². The van der Waals surface area contributed by atoms with Gasteiger partial charge in [-0.3, -0.25) is 9.59 Å². The molecule has 0 spiro atoms. The van der Waals surface area contributed by atoms with Crippen molar-refractivity contribution >= 4 is 28.2 Å². The molecule has 41 heavy (non-hydrogen) atoms. The van der Waals surface area contributed by atoms with E-state index in [4.69, 9.17) is 18.9 Å². The Morgan fingerprint density at radius 1 is 1.07 bits per heavy atom. The lowest BCUT2D eigenvalue weighted by atomic mass is 10.0. The number of amides is 1. The van der Waals surface area contributed by atoms with Crippen LogP contribution in [0.1, 0.15) is 11.1 Å². The number of H-pyrrole nitrogens is 1. The quantitative estimate of drug-likeness (QED) is 0.328. The number of nitrogens with zero attached hydrogens (tertiary/aromatic N) is 2. The molecular formula is C30H31FN4O6. The summed E-state index contributed by atoms with van der Waals surface area (Å²) in [4.78, 5) is 34.9. The van der Waals surface area contributed by atoms with E-state index in [0.717, 1.165) is 11.1 Å². The van der Waals surface area contributed by atoms with Crippen molar-refractivity contribution in [1.82, 2.24) is 9.97 Å². The first-order valence-corrected chi connectivity index (χ1v) is 13.1. The van der Waals surface area contributed by atoms with Gasteiger partial charge in [-0.2, -0.15) is 0 Å². The molecule has 0 bridgehead atoms. The Hall–Kier alpha value is -4.64. The first-order valence-electron chi connectivity index (χ1n) is 13.1. The maximum Gasteiger partial charge on any atom is 0.262 e. The number of anilines is 2. The van der Waals surface area contributed by atoms with Gasteiger partial charge in [-0.15, -0.1) is 0 Å². The zero-order chi connectivity index (χ0) is 29.1. The minimum Gasteiger partial charge on any atom is -0.497 e. The summed E-state index contributed by atoms with van der Waals surface area (Å²) in [5.74, 6) is 0.952. The number of aryl methyl sites for hydroxylation is 2. The zero-order valence-corrected chi connectivity index (χ0v) is 23.3. The summed E-state index contributed by atoms with van der Waals surface area (Å²) in [5, 5.41) is 3.01. The average molecular weight is 563 g/mol. The molecule has 1 aliphatic rings. The second-order valence-electron chi connectivity index (χ2n) is 9.68. The van der Waals surface area contributed by atoms with Gasteiger partial charge in [0.15, 0.2) is 6.61 Å². The largest absolute Gasteiger partial charge is 0.497 e. The molecule has 1 amide bonds. The zero-order valence-electron chi connectivity index (χ0n) is 23.3. The van der Waals surface area contributed by atoms with Crippen LogP contribution < -0.4 is 30.0 Å². The number of fused-ring (bicyclic) bond motifs is 1. The molecule has 4 aromatic rings. The Labute approximate surface area is 236 Å². The van der Waals surface area contributed by atoms with E-state index in [1.165, 1.54) is 20.3 Å². The Bertz CT molecular complexity index is 1640. The summed E-state index contributed by atoms with van der Waals surface area (Å²) in [6.07, 6.45) is 0. The number of hydrogen-bond donors (Lipinski definition) is 2. The Balaban J connectivity index is 1.30. The number of carbonyl (C=O) groups is 1. The third kappa shape index (κ3) is 5.94. The first-order chi connectivity index (χ1) is 19.8. The monoisotopic (exact) mass is 562 g/mol. The highest BCUT2D eigenvalue weighted by Crippen LogP contribution is 2.32.